The predicted octanol–water partition coefficient (Wildman–Crippen LogP) is 3.00. The molecular weight excluding hydrogens is 350 g/mol. The minimum atomic E-state index is -2.72. The molecule has 0 radical (unpaired) electrons. The molecule has 138 valence electrons. The number of hydrogen-bond donors (Lipinski definition) is 1. The van der Waals surface area contributed by atoms with Gasteiger partial charge >= 0.3 is 0 Å². The summed E-state index contributed by atoms with van der Waals surface area (Å²) in [5.41, 5.74) is 8.24. The number of nitrogens with zero attached hydrogens (tertiary/aromatic N) is 5. The molecule has 2 aromatic heterocycles. The SMILES string of the molecule is Cc1cnn(C2=C(C(F)F)N(Cc3cccc4cccnc34)CC(N)=N2)c1. The second-order valence-electron chi connectivity index (χ2n) is 6.42. The lowest BCUT2D eigenvalue weighted by Crippen LogP contribution is -2.39. The van der Waals surface area contributed by atoms with E-state index in [1.165, 1.54) is 4.68 Å². The summed E-state index contributed by atoms with van der Waals surface area (Å²) in [5, 5.41) is 5.08. The summed E-state index contributed by atoms with van der Waals surface area (Å²) in [6.45, 7) is 2.20. The highest BCUT2D eigenvalue weighted by Crippen LogP contribution is 2.29. The number of hydrogen-bond acceptors (Lipinski definition) is 5. The van der Waals surface area contributed by atoms with Gasteiger partial charge in [-0.2, -0.15) is 5.10 Å². The van der Waals surface area contributed by atoms with Crippen molar-refractivity contribution in [2.75, 3.05) is 6.54 Å². The van der Waals surface area contributed by atoms with E-state index in [4.69, 9.17) is 5.73 Å². The highest BCUT2D eigenvalue weighted by Gasteiger charge is 2.30. The largest absolute Gasteiger partial charge is 0.386 e. The Morgan fingerprint density at radius 3 is 2.78 bits per heavy atom. The van der Waals surface area contributed by atoms with E-state index in [9.17, 15) is 8.78 Å². The highest BCUT2D eigenvalue weighted by atomic mass is 19.3. The molecule has 2 N–H and O–H groups in total. The number of aromatic nitrogens is 3. The van der Waals surface area contributed by atoms with E-state index in [1.807, 2.05) is 37.3 Å². The van der Waals surface area contributed by atoms with Crippen molar-refractivity contribution in [2.45, 2.75) is 19.9 Å². The molecule has 6 nitrogen and oxygen atoms in total. The van der Waals surface area contributed by atoms with Crippen molar-refractivity contribution in [1.29, 1.82) is 0 Å². The molecule has 0 bridgehead atoms. The molecule has 1 aromatic carbocycles. The van der Waals surface area contributed by atoms with Crippen molar-refractivity contribution >= 4 is 22.6 Å². The molecule has 4 rings (SSSR count). The fourth-order valence-electron chi connectivity index (χ4n) is 3.23. The van der Waals surface area contributed by atoms with E-state index in [0.717, 1.165) is 22.0 Å². The van der Waals surface area contributed by atoms with E-state index >= 15 is 0 Å². The zero-order chi connectivity index (χ0) is 19.0. The first-order chi connectivity index (χ1) is 13.0. The number of aliphatic imine (C=N–C) groups is 1. The first kappa shape index (κ1) is 17.1. The maximum Gasteiger partial charge on any atom is 0.281 e. The average molecular weight is 368 g/mol. The molecule has 0 amide bonds. The lowest BCUT2D eigenvalue weighted by atomic mass is 10.1. The first-order valence-electron chi connectivity index (χ1n) is 8.47. The number of nitrogens with two attached hydrogens (primary N) is 1. The Balaban J connectivity index is 1.79. The van der Waals surface area contributed by atoms with Gasteiger partial charge in [0.05, 0.1) is 18.3 Å². The van der Waals surface area contributed by atoms with Crippen molar-refractivity contribution in [1.82, 2.24) is 19.7 Å². The summed E-state index contributed by atoms with van der Waals surface area (Å²) in [4.78, 5) is 10.1. The van der Waals surface area contributed by atoms with Crippen LogP contribution in [0, 0.1) is 6.92 Å². The molecule has 3 aromatic rings. The summed E-state index contributed by atoms with van der Waals surface area (Å²) in [6.07, 6.45) is 2.22. The number of benzene rings is 1. The molecule has 8 heteroatoms. The van der Waals surface area contributed by atoms with Crippen LogP contribution in [0.3, 0.4) is 0 Å². The molecule has 0 unspecified atom stereocenters. The van der Waals surface area contributed by atoms with Crippen LogP contribution in [0.1, 0.15) is 11.1 Å². The molecule has 0 fully saturated rings. The van der Waals surface area contributed by atoms with Gasteiger partial charge < -0.3 is 10.6 Å². The van der Waals surface area contributed by atoms with Crippen LogP contribution in [0.25, 0.3) is 16.7 Å². The van der Waals surface area contributed by atoms with Crippen LogP contribution in [-0.4, -0.2) is 38.5 Å². The van der Waals surface area contributed by atoms with E-state index < -0.39 is 6.43 Å². The summed E-state index contributed by atoms with van der Waals surface area (Å²) in [6, 6.07) is 9.52. The Morgan fingerprint density at radius 1 is 1.22 bits per heavy atom. The lowest BCUT2D eigenvalue weighted by Gasteiger charge is -2.31. The molecule has 3 heterocycles. The van der Waals surface area contributed by atoms with Crippen LogP contribution >= 0.6 is 0 Å². The average Bonchev–Trinajstić information content (AvgIpc) is 3.07. The standard InChI is InChI=1S/C19H18F2N6/c1-12-8-24-27(9-12)19-17(18(20)21)26(11-15(22)25-19)10-14-5-2-4-13-6-3-7-23-16(13)14/h2-9,18H,10-11H2,1H3,(H2,22,25). The molecule has 1 aliphatic heterocycles. The van der Waals surface area contributed by atoms with Crippen LogP contribution in [0.4, 0.5) is 8.78 Å². The number of amidine groups is 1. The second-order valence-corrected chi connectivity index (χ2v) is 6.42. The van der Waals surface area contributed by atoms with E-state index in [-0.39, 0.29) is 30.4 Å². The Labute approximate surface area is 154 Å². The molecule has 27 heavy (non-hydrogen) atoms. The van der Waals surface area contributed by atoms with Gasteiger partial charge in [-0.15, -0.1) is 0 Å². The quantitative estimate of drug-likeness (QED) is 0.768. The van der Waals surface area contributed by atoms with Gasteiger partial charge in [0.15, 0.2) is 5.82 Å². The van der Waals surface area contributed by atoms with Gasteiger partial charge in [0, 0.05) is 24.3 Å². The van der Waals surface area contributed by atoms with Crippen LogP contribution in [0.5, 0.6) is 0 Å². The van der Waals surface area contributed by atoms with Gasteiger partial charge in [-0.3, -0.25) is 4.98 Å². The van der Waals surface area contributed by atoms with Gasteiger partial charge in [0.2, 0.25) is 0 Å². The maximum absolute atomic E-state index is 14.0. The van der Waals surface area contributed by atoms with Crippen molar-refractivity contribution in [3.8, 4) is 0 Å². The van der Waals surface area contributed by atoms with Crippen molar-refractivity contribution in [2.24, 2.45) is 10.7 Å². The number of para-hydroxylation sites is 1. The molecule has 0 spiro atoms. The molecular formula is C19H18F2N6. The second kappa shape index (κ2) is 6.79. The van der Waals surface area contributed by atoms with E-state index in [1.54, 1.807) is 23.5 Å². The third-order valence-corrected chi connectivity index (χ3v) is 4.39. The van der Waals surface area contributed by atoms with Crippen LogP contribution in [-0.2, 0) is 6.54 Å². The lowest BCUT2D eigenvalue weighted by molar-refractivity contribution is 0.141. The zero-order valence-corrected chi connectivity index (χ0v) is 14.7. The molecule has 0 saturated heterocycles. The van der Waals surface area contributed by atoms with Crippen LogP contribution in [0.15, 0.2) is 59.6 Å². The minimum absolute atomic E-state index is 0.0510. The van der Waals surface area contributed by atoms with Crippen LogP contribution < -0.4 is 5.73 Å². The topological polar surface area (TPSA) is 72.3 Å². The van der Waals surface area contributed by atoms with Crippen molar-refractivity contribution < 1.29 is 8.78 Å². The number of aryl methyl sites for hydroxylation is 1. The molecule has 0 aliphatic carbocycles. The Morgan fingerprint density at radius 2 is 2.04 bits per heavy atom. The molecule has 0 saturated carbocycles. The summed E-state index contributed by atoms with van der Waals surface area (Å²) >= 11 is 0. The predicted molar refractivity (Wildman–Crippen MR) is 100.0 cm³/mol. The number of rotatable bonds is 4. The molecule has 0 atom stereocenters. The normalized spacial score (nSPS) is 15.0. The smallest absolute Gasteiger partial charge is 0.281 e. The van der Waals surface area contributed by atoms with E-state index in [2.05, 4.69) is 15.1 Å². The Bertz CT molecular complexity index is 1050. The number of fused-ring (bicyclic) bond motifs is 1. The summed E-state index contributed by atoms with van der Waals surface area (Å²) in [5.74, 6) is 0.311. The summed E-state index contributed by atoms with van der Waals surface area (Å²) in [7, 11) is 0. The van der Waals surface area contributed by atoms with Crippen molar-refractivity contribution in [3.63, 3.8) is 0 Å². The first-order valence-corrected chi connectivity index (χ1v) is 8.47. The van der Waals surface area contributed by atoms with Crippen molar-refractivity contribution in [3.05, 3.63) is 65.7 Å². The van der Waals surface area contributed by atoms with Gasteiger partial charge in [0.1, 0.15) is 11.5 Å². The fraction of sp³-hybridized carbons (Fsp3) is 0.211. The Hall–Kier alpha value is -3.29. The summed E-state index contributed by atoms with van der Waals surface area (Å²) < 4.78 is 29.3. The highest BCUT2D eigenvalue weighted by molar-refractivity contribution is 5.88. The number of alkyl halides is 2. The minimum Gasteiger partial charge on any atom is -0.386 e. The third kappa shape index (κ3) is 3.25. The van der Waals surface area contributed by atoms with E-state index in [0.29, 0.717) is 0 Å². The fourth-order valence-corrected chi connectivity index (χ4v) is 3.23. The number of halogens is 2. The monoisotopic (exact) mass is 368 g/mol. The molecule has 1 aliphatic rings. The number of pyridine rings is 1. The Kier molecular flexibility index (Phi) is 4.31. The maximum atomic E-state index is 14.0. The van der Waals surface area contributed by atoms with Gasteiger partial charge in [-0.1, -0.05) is 24.3 Å². The zero-order valence-electron chi connectivity index (χ0n) is 14.7. The van der Waals surface area contributed by atoms with Gasteiger partial charge in [0.25, 0.3) is 6.43 Å². The number of allylic oxidation sites excluding steroid dienone is 1. The third-order valence-electron chi connectivity index (χ3n) is 4.39. The van der Waals surface area contributed by atoms with Gasteiger partial charge in [-0.25, -0.2) is 18.5 Å². The van der Waals surface area contributed by atoms with Crippen LogP contribution in [0.2, 0.25) is 0 Å². The van der Waals surface area contributed by atoms with Gasteiger partial charge in [-0.05, 0) is 24.1 Å².